The van der Waals surface area contributed by atoms with Crippen molar-refractivity contribution in [3.8, 4) is 5.75 Å². The predicted molar refractivity (Wildman–Crippen MR) is 107 cm³/mol. The third-order valence-corrected chi connectivity index (χ3v) is 4.37. The molecule has 1 heteroatoms. The second kappa shape index (κ2) is 8.34. The highest BCUT2D eigenvalue weighted by molar-refractivity contribution is 5.98. The van der Waals surface area contributed by atoms with E-state index in [2.05, 4.69) is 79.7 Å². The molecule has 3 aromatic carbocycles. The van der Waals surface area contributed by atoms with Crippen molar-refractivity contribution in [3.05, 3.63) is 102 Å². The molecule has 0 unspecified atom stereocenters. The van der Waals surface area contributed by atoms with E-state index in [9.17, 15) is 0 Å². The molecule has 0 radical (unpaired) electrons. The number of methoxy groups -OCH3 is 1. The lowest BCUT2D eigenvalue weighted by atomic mass is 9.87. The lowest BCUT2D eigenvalue weighted by molar-refractivity contribution is 0.415. The summed E-state index contributed by atoms with van der Waals surface area (Å²) in [6.07, 6.45) is 2.15. The molecule has 0 saturated carbocycles. The van der Waals surface area contributed by atoms with Gasteiger partial charge in [0.25, 0.3) is 0 Å². The van der Waals surface area contributed by atoms with E-state index in [0.717, 1.165) is 18.6 Å². The molecule has 0 amide bonds. The maximum atomic E-state index is 5.33. The first-order chi connectivity index (χ1) is 12.3. The Balaban J connectivity index is 2.23. The Morgan fingerprint density at radius 1 is 0.680 bits per heavy atom. The highest BCUT2D eigenvalue weighted by Crippen LogP contribution is 2.35. The van der Waals surface area contributed by atoms with Crippen molar-refractivity contribution >= 4 is 11.1 Å². The average molecular weight is 328 g/mol. The molecule has 0 saturated heterocycles. The fraction of sp³-hybridized carbons (Fsp3) is 0.167. The molecule has 0 aliphatic carbocycles. The molecule has 0 heterocycles. The van der Waals surface area contributed by atoms with Crippen LogP contribution in [-0.4, -0.2) is 7.11 Å². The van der Waals surface area contributed by atoms with Gasteiger partial charge in [0, 0.05) is 0 Å². The van der Waals surface area contributed by atoms with E-state index in [0.29, 0.717) is 0 Å². The van der Waals surface area contributed by atoms with Crippen molar-refractivity contribution in [1.82, 2.24) is 0 Å². The largest absolute Gasteiger partial charge is 0.497 e. The summed E-state index contributed by atoms with van der Waals surface area (Å²) >= 11 is 0. The summed E-state index contributed by atoms with van der Waals surface area (Å²) in [6.45, 7) is 2.24. The van der Waals surface area contributed by atoms with Gasteiger partial charge in [0.1, 0.15) is 5.75 Å². The van der Waals surface area contributed by atoms with Crippen LogP contribution < -0.4 is 4.74 Å². The molecule has 0 aliphatic rings. The van der Waals surface area contributed by atoms with Crippen molar-refractivity contribution in [1.29, 1.82) is 0 Å². The van der Waals surface area contributed by atoms with E-state index in [1.165, 1.54) is 27.8 Å². The van der Waals surface area contributed by atoms with Crippen molar-refractivity contribution in [2.75, 3.05) is 7.11 Å². The highest BCUT2D eigenvalue weighted by Gasteiger charge is 2.13. The smallest absolute Gasteiger partial charge is 0.118 e. The minimum atomic E-state index is 0.882. The molecular formula is C24H24O. The first-order valence-electron chi connectivity index (χ1n) is 8.82. The highest BCUT2D eigenvalue weighted by atomic mass is 16.5. The van der Waals surface area contributed by atoms with Crippen LogP contribution in [0.2, 0.25) is 0 Å². The Morgan fingerprint density at radius 2 is 1.20 bits per heavy atom. The van der Waals surface area contributed by atoms with Crippen LogP contribution in [0.4, 0.5) is 0 Å². The van der Waals surface area contributed by atoms with Crippen LogP contribution >= 0.6 is 0 Å². The second-order valence-corrected chi connectivity index (χ2v) is 6.06. The summed E-state index contributed by atoms with van der Waals surface area (Å²) in [7, 11) is 1.70. The maximum Gasteiger partial charge on any atom is 0.118 e. The summed E-state index contributed by atoms with van der Waals surface area (Å²) < 4.78 is 5.33. The Labute approximate surface area is 150 Å². The first kappa shape index (κ1) is 17.0. The van der Waals surface area contributed by atoms with Gasteiger partial charge in [0.15, 0.2) is 0 Å². The van der Waals surface area contributed by atoms with Crippen LogP contribution in [-0.2, 0) is 0 Å². The molecule has 3 aromatic rings. The lowest BCUT2D eigenvalue weighted by Crippen LogP contribution is -1.96. The molecule has 3 rings (SSSR count). The first-order valence-corrected chi connectivity index (χ1v) is 8.82. The SMILES string of the molecule is CCC/C(=C(\c1ccccc1)c1ccc(OC)cc1)c1ccccc1. The van der Waals surface area contributed by atoms with E-state index in [1.54, 1.807) is 7.11 Å². The van der Waals surface area contributed by atoms with Gasteiger partial charge in [-0.2, -0.15) is 0 Å². The number of ether oxygens (including phenoxy) is 1. The van der Waals surface area contributed by atoms with Crippen LogP contribution in [0.3, 0.4) is 0 Å². The molecule has 0 spiro atoms. The summed E-state index contributed by atoms with van der Waals surface area (Å²) in [5.41, 5.74) is 6.45. The summed E-state index contributed by atoms with van der Waals surface area (Å²) in [6, 6.07) is 29.7. The Hall–Kier alpha value is -2.80. The van der Waals surface area contributed by atoms with Gasteiger partial charge in [-0.15, -0.1) is 0 Å². The average Bonchev–Trinajstić information content (AvgIpc) is 2.69. The predicted octanol–water partition coefficient (Wildman–Crippen LogP) is 6.45. The third-order valence-electron chi connectivity index (χ3n) is 4.37. The number of hydrogen-bond donors (Lipinski definition) is 0. The number of rotatable bonds is 6. The Morgan fingerprint density at radius 3 is 1.72 bits per heavy atom. The van der Waals surface area contributed by atoms with Crippen molar-refractivity contribution < 1.29 is 4.74 Å². The van der Waals surface area contributed by atoms with E-state index < -0.39 is 0 Å². The number of benzene rings is 3. The van der Waals surface area contributed by atoms with Gasteiger partial charge in [0.2, 0.25) is 0 Å². The molecule has 0 aliphatic heterocycles. The van der Waals surface area contributed by atoms with E-state index in [4.69, 9.17) is 4.74 Å². The van der Waals surface area contributed by atoms with Gasteiger partial charge in [-0.3, -0.25) is 0 Å². The van der Waals surface area contributed by atoms with Crippen LogP contribution in [0, 0.1) is 0 Å². The fourth-order valence-corrected chi connectivity index (χ4v) is 3.18. The molecule has 25 heavy (non-hydrogen) atoms. The summed E-state index contributed by atoms with van der Waals surface area (Å²) in [4.78, 5) is 0. The quantitative estimate of drug-likeness (QED) is 0.472. The van der Waals surface area contributed by atoms with Gasteiger partial charge in [-0.1, -0.05) is 86.1 Å². The standard InChI is InChI=1S/C24H24O/c1-3-10-23(19-11-6-4-7-12-19)24(20-13-8-5-9-14-20)21-15-17-22(25-2)18-16-21/h4-9,11-18H,3,10H2,1-2H3/b24-23-. The van der Waals surface area contributed by atoms with Crippen molar-refractivity contribution in [2.24, 2.45) is 0 Å². The fourth-order valence-electron chi connectivity index (χ4n) is 3.18. The van der Waals surface area contributed by atoms with Gasteiger partial charge >= 0.3 is 0 Å². The molecule has 126 valence electrons. The van der Waals surface area contributed by atoms with E-state index in [-0.39, 0.29) is 0 Å². The van der Waals surface area contributed by atoms with E-state index >= 15 is 0 Å². The van der Waals surface area contributed by atoms with Crippen molar-refractivity contribution in [3.63, 3.8) is 0 Å². The topological polar surface area (TPSA) is 9.23 Å². The zero-order valence-electron chi connectivity index (χ0n) is 14.9. The molecule has 0 bridgehead atoms. The van der Waals surface area contributed by atoms with Gasteiger partial charge in [-0.05, 0) is 46.4 Å². The van der Waals surface area contributed by atoms with Crippen LogP contribution in [0.5, 0.6) is 5.75 Å². The van der Waals surface area contributed by atoms with Gasteiger partial charge < -0.3 is 4.74 Å². The zero-order chi connectivity index (χ0) is 17.5. The molecule has 0 atom stereocenters. The van der Waals surface area contributed by atoms with Crippen LogP contribution in [0.1, 0.15) is 36.5 Å². The Bertz CT molecular complexity index is 815. The minimum Gasteiger partial charge on any atom is -0.497 e. The van der Waals surface area contributed by atoms with Gasteiger partial charge in [-0.25, -0.2) is 0 Å². The molecule has 1 nitrogen and oxygen atoms in total. The van der Waals surface area contributed by atoms with Gasteiger partial charge in [0.05, 0.1) is 7.11 Å². The molecule has 0 N–H and O–H groups in total. The normalized spacial score (nSPS) is 11.8. The summed E-state index contributed by atoms with van der Waals surface area (Å²) in [5.74, 6) is 0.882. The number of hydrogen-bond acceptors (Lipinski definition) is 1. The number of allylic oxidation sites excluding steroid dienone is 1. The second-order valence-electron chi connectivity index (χ2n) is 6.06. The zero-order valence-corrected chi connectivity index (χ0v) is 14.9. The molecule has 0 fully saturated rings. The Kier molecular flexibility index (Phi) is 5.69. The monoisotopic (exact) mass is 328 g/mol. The van der Waals surface area contributed by atoms with Crippen LogP contribution in [0.15, 0.2) is 84.9 Å². The maximum absolute atomic E-state index is 5.33. The lowest BCUT2D eigenvalue weighted by Gasteiger charge is -2.17. The molecular weight excluding hydrogens is 304 g/mol. The summed E-state index contributed by atoms with van der Waals surface area (Å²) in [5, 5.41) is 0. The van der Waals surface area contributed by atoms with Crippen LogP contribution in [0.25, 0.3) is 11.1 Å². The molecule has 0 aromatic heterocycles. The van der Waals surface area contributed by atoms with Crippen molar-refractivity contribution in [2.45, 2.75) is 19.8 Å². The van der Waals surface area contributed by atoms with E-state index in [1.807, 2.05) is 12.1 Å². The minimum absolute atomic E-state index is 0.882. The third kappa shape index (κ3) is 4.00.